The summed E-state index contributed by atoms with van der Waals surface area (Å²) < 4.78 is 0. The molecular weight excluding hydrogens is 1420 g/mol. The highest BCUT2D eigenvalue weighted by molar-refractivity contribution is 6.39. The van der Waals surface area contributed by atoms with Crippen molar-refractivity contribution in [2.45, 2.75) is 336 Å². The maximum absolute atomic E-state index is 15.1. The SMILES string of the molecule is CCC[C@H](NC(=O)[C@@H]1C[C@@]2(CN1C(=O)[C@@H](NC(=O)[C@@H](N)C1CCCCC1)C(C)(C)C)C(C)(C)C21CCC1)C(=O)C(=O)NC1CC1.CCC[C@H](NC(=O)[C@@H]1C[C@@]2(CN1C(=O)[C@@H](NC(=O)[C@@H](NC(=O)[C@@H]1CCCN(C)C1)C1CCCCC1)C(C)(C)C)C(C)(C)C21CCC1)C(=O)C(=O)NC1CC1.CN1CCC[C@@H](C(=O)O)C1.Cl. The van der Waals surface area contributed by atoms with Crippen LogP contribution in [0.15, 0.2) is 0 Å². The van der Waals surface area contributed by atoms with Gasteiger partial charge in [0.05, 0.1) is 30.0 Å². The number of carbonyl (C=O) groups excluding carboxylic acids is 11. The monoisotopic (exact) mass is 1560 g/mol. The number of nitrogens with one attached hydrogen (secondary N) is 7. The van der Waals surface area contributed by atoms with Crippen LogP contribution in [0.25, 0.3) is 0 Å². The zero-order valence-electron chi connectivity index (χ0n) is 69.2. The normalized spacial score (nSPS) is 28.9. The summed E-state index contributed by atoms with van der Waals surface area (Å²) in [4.78, 5) is 170. The average Bonchev–Trinajstić information content (AvgIpc) is 1.46. The van der Waals surface area contributed by atoms with Crippen LogP contribution in [-0.4, -0.2) is 209 Å². The fourth-order valence-corrected chi connectivity index (χ4v) is 21.8. The number of halogens is 1. The van der Waals surface area contributed by atoms with E-state index in [0.29, 0.717) is 58.2 Å². The summed E-state index contributed by atoms with van der Waals surface area (Å²) in [5.74, 6) is -5.71. The van der Waals surface area contributed by atoms with E-state index in [1.807, 2.05) is 69.5 Å². The van der Waals surface area contributed by atoms with Gasteiger partial charge in [-0.1, -0.05) is 147 Å². The number of aliphatic carboxylic acids is 1. The second kappa shape index (κ2) is 35.1. The third-order valence-corrected chi connectivity index (χ3v) is 29.4. The molecule has 4 spiro atoms. The van der Waals surface area contributed by atoms with Crippen molar-refractivity contribution in [1.29, 1.82) is 0 Å². The van der Waals surface area contributed by atoms with Gasteiger partial charge in [-0.2, -0.15) is 0 Å². The van der Waals surface area contributed by atoms with Crippen molar-refractivity contribution in [3.63, 3.8) is 0 Å². The number of rotatable bonds is 25. The van der Waals surface area contributed by atoms with E-state index in [0.717, 1.165) is 174 Å². The maximum Gasteiger partial charge on any atom is 0.307 e. The van der Waals surface area contributed by atoms with E-state index in [1.54, 1.807) is 9.80 Å². The zero-order chi connectivity index (χ0) is 79.7. The quantitative estimate of drug-likeness (QED) is 0.0390. The van der Waals surface area contributed by atoms with Gasteiger partial charge in [0.25, 0.3) is 11.8 Å². The highest BCUT2D eigenvalue weighted by Crippen LogP contribution is 2.89. The number of nitrogens with zero attached hydrogens (tertiary/aromatic N) is 4. The fraction of sp³-hybridized carbons (Fsp3) is 0.857. The van der Waals surface area contributed by atoms with E-state index in [4.69, 9.17) is 10.8 Å². The second-order valence-electron chi connectivity index (χ2n) is 39.0. The smallest absolute Gasteiger partial charge is 0.307 e. The number of amides is 9. The Morgan fingerprint density at radius 2 is 0.845 bits per heavy atom. The number of carboxylic acids is 1. The lowest BCUT2D eigenvalue weighted by Crippen LogP contribution is -2.62. The predicted octanol–water partition coefficient (Wildman–Crippen LogP) is 8.04. The average molecular weight is 1560 g/mol. The second-order valence-corrected chi connectivity index (χ2v) is 39.0. The molecule has 12 fully saturated rings. The first-order valence-corrected chi connectivity index (χ1v) is 42.4. The summed E-state index contributed by atoms with van der Waals surface area (Å²) in [6, 6.07) is -6.81. The lowest BCUT2D eigenvalue weighted by molar-refractivity contribution is -0.145. The highest BCUT2D eigenvalue weighted by Gasteiger charge is 2.86. The first kappa shape index (κ1) is 88.2. The van der Waals surface area contributed by atoms with Crippen molar-refractivity contribution < 1.29 is 62.6 Å². The summed E-state index contributed by atoms with van der Waals surface area (Å²) >= 11 is 0. The molecule has 26 heteroatoms. The van der Waals surface area contributed by atoms with Gasteiger partial charge in [0.1, 0.15) is 30.2 Å². The van der Waals surface area contributed by atoms with Crippen molar-refractivity contribution >= 4 is 83.1 Å². The van der Waals surface area contributed by atoms with E-state index in [1.165, 1.54) is 0 Å². The number of ketones is 2. The van der Waals surface area contributed by atoms with Gasteiger partial charge in [-0.3, -0.25) is 57.5 Å². The Hall–Kier alpha value is -5.79. The molecule has 0 bridgehead atoms. The van der Waals surface area contributed by atoms with Crippen molar-refractivity contribution in [2.75, 3.05) is 53.4 Å². The molecule has 0 aromatic carbocycles. The van der Waals surface area contributed by atoms with Crippen molar-refractivity contribution in [1.82, 2.24) is 56.8 Å². The first-order valence-electron chi connectivity index (χ1n) is 42.4. The van der Waals surface area contributed by atoms with Crippen molar-refractivity contribution in [3.05, 3.63) is 0 Å². The summed E-state index contributed by atoms with van der Waals surface area (Å²) in [6.07, 6.45) is 26.2. The number of likely N-dealkylation sites (tertiary alicyclic amines) is 4. The first-order chi connectivity index (χ1) is 51.3. The van der Waals surface area contributed by atoms with E-state index < -0.39 is 100 Å². The number of hydrogen-bond acceptors (Lipinski definition) is 15. The van der Waals surface area contributed by atoms with Gasteiger partial charge >= 0.3 is 5.97 Å². The minimum absolute atomic E-state index is 0. The minimum Gasteiger partial charge on any atom is -0.481 e. The molecule has 8 aliphatic carbocycles. The van der Waals surface area contributed by atoms with E-state index in [9.17, 15) is 52.7 Å². The van der Waals surface area contributed by atoms with Crippen molar-refractivity contribution in [3.8, 4) is 0 Å². The van der Waals surface area contributed by atoms with Crippen molar-refractivity contribution in [2.24, 2.45) is 72.7 Å². The van der Waals surface area contributed by atoms with Crippen LogP contribution in [0.3, 0.4) is 0 Å². The Balaban J connectivity index is 0.000000225. The third kappa shape index (κ3) is 18.1. The predicted molar refractivity (Wildman–Crippen MR) is 422 cm³/mol. The molecule has 0 aromatic heterocycles. The van der Waals surface area contributed by atoms with Gasteiger partial charge in [0, 0.05) is 49.1 Å². The number of fused-ring (bicyclic) bond motifs is 2. The summed E-state index contributed by atoms with van der Waals surface area (Å²) in [5, 5.41) is 29.3. The largest absolute Gasteiger partial charge is 0.481 e. The Kier molecular flexibility index (Phi) is 28.2. The topological polar surface area (TPSA) is 348 Å². The Bertz CT molecular complexity index is 3380. The molecule has 8 saturated carbocycles. The van der Waals surface area contributed by atoms with Gasteiger partial charge in [0.15, 0.2) is 0 Å². The summed E-state index contributed by atoms with van der Waals surface area (Å²) in [6.45, 7) is 28.6. The number of Topliss-reactive ketones (excluding diaryl/α,β-unsaturated/α-hetero) is 2. The van der Waals surface area contributed by atoms with Gasteiger partial charge < -0.3 is 67.7 Å². The number of carboxylic acid groups (broad SMARTS) is 1. The van der Waals surface area contributed by atoms with Gasteiger partial charge in [-0.25, -0.2) is 0 Å². The van der Waals surface area contributed by atoms with Crippen LogP contribution in [0.1, 0.15) is 276 Å². The van der Waals surface area contributed by atoms with Crippen LogP contribution >= 0.6 is 12.4 Å². The molecule has 4 aliphatic heterocycles. The Morgan fingerprint density at radius 1 is 0.464 bits per heavy atom. The summed E-state index contributed by atoms with van der Waals surface area (Å²) in [7, 11) is 3.98. The summed E-state index contributed by atoms with van der Waals surface area (Å²) in [5.41, 5.74) is 4.64. The molecule has 12 rings (SSSR count). The third-order valence-electron chi connectivity index (χ3n) is 29.4. The zero-order valence-corrected chi connectivity index (χ0v) is 70.0. The highest BCUT2D eigenvalue weighted by atomic mass is 35.5. The van der Waals surface area contributed by atoms with E-state index in [2.05, 4.69) is 74.7 Å². The standard InChI is InChI=1S/C42H68N6O6.C35H57N5O5.C7H13NO2.ClH/c1-8-14-29(32(49)37(53)43-28-18-19-28)44-35(51)30-23-42(40(5,6)41(42)20-13-21-41)25-48(30)38(54)33(39(2,3)4)46-36(52)31(26-15-10-9-11-16-26)45-34(50)27-17-12-22-47(7)24-27;1-7-12-23(26(41)30(44)37-22-15-16-22)38-28(42)24-19-35(33(5,6)34(35)17-11-18-34)20-40(24)31(45)27(32(2,3)4)39-29(43)25(36)21-13-9-8-10-14-21;1-8-4-2-3-6(5-8)7(9)10;/h26-31,33H,8-25H2,1-7H3,(H,43,53)(H,44,51)(H,45,50)(H,46,52);21-25,27H,7-20,36H2,1-6H3,(H,37,44)(H,38,42)(H,39,43);6H,2-5H2,1H3,(H,9,10);1H/t27-,29+,30+,31+,33-,42-;23-,24-,25-,27+,35+;6-;/m101./s1. The lowest BCUT2D eigenvalue weighted by atomic mass is 9.73. The molecule has 0 aromatic rings. The molecule has 12 aliphatic rings. The Labute approximate surface area is 661 Å². The number of piperidine rings is 2. The number of nitrogens with two attached hydrogens (primary N) is 1. The number of hydrogen-bond donors (Lipinski definition) is 9. The Morgan fingerprint density at radius 3 is 1.18 bits per heavy atom. The lowest BCUT2D eigenvalue weighted by Gasteiger charge is -2.38. The van der Waals surface area contributed by atoms with Crippen LogP contribution in [0.4, 0.5) is 0 Å². The van der Waals surface area contributed by atoms with E-state index >= 15 is 4.79 Å². The van der Waals surface area contributed by atoms with Crippen LogP contribution in [-0.2, 0) is 57.5 Å². The van der Waals surface area contributed by atoms with Crippen LogP contribution in [0.2, 0.25) is 0 Å². The molecule has 0 radical (unpaired) electrons. The van der Waals surface area contributed by atoms with Gasteiger partial charge in [-0.15, -0.1) is 12.4 Å². The minimum atomic E-state index is -0.985. The molecule has 4 saturated heterocycles. The molecule has 0 unspecified atom stereocenters. The van der Waals surface area contributed by atoms with Crippen LogP contribution < -0.4 is 43.0 Å². The van der Waals surface area contributed by atoms with E-state index in [-0.39, 0.29) is 110 Å². The van der Waals surface area contributed by atoms with Gasteiger partial charge in [0.2, 0.25) is 52.9 Å². The molecule has 4 heterocycles. The van der Waals surface area contributed by atoms with Crippen LogP contribution in [0.5, 0.6) is 0 Å². The number of carbonyl (C=O) groups is 12. The molecule has 25 nitrogen and oxygen atoms in total. The fourth-order valence-electron chi connectivity index (χ4n) is 21.8. The maximum atomic E-state index is 15.1. The molecule has 10 N–H and O–H groups in total. The molecule has 620 valence electrons. The van der Waals surface area contributed by atoms with Gasteiger partial charge in [-0.05, 0) is 200 Å². The molecule has 9 amide bonds. The molecule has 12 atom stereocenters. The molecule has 110 heavy (non-hydrogen) atoms. The molecular formula is C84H139ClN12O13. The van der Waals surface area contributed by atoms with Crippen LogP contribution in [0, 0.1) is 67.0 Å².